The molecular weight excluding hydrogens is 363 g/mol. The van der Waals surface area contributed by atoms with Gasteiger partial charge in [-0.25, -0.2) is 14.0 Å². The second-order valence-corrected chi connectivity index (χ2v) is 6.00. The van der Waals surface area contributed by atoms with Crippen molar-refractivity contribution in [3.05, 3.63) is 34.1 Å². The first kappa shape index (κ1) is 21.8. The Bertz CT molecular complexity index is 725. The Morgan fingerprint density at radius 1 is 1.30 bits per heavy atom. The van der Waals surface area contributed by atoms with E-state index < -0.39 is 46.9 Å². The van der Waals surface area contributed by atoms with E-state index in [9.17, 15) is 28.9 Å². The number of benzene rings is 1. The number of anilines is 1. The van der Waals surface area contributed by atoms with Crippen molar-refractivity contribution in [2.45, 2.75) is 26.3 Å². The predicted octanol–water partition coefficient (Wildman–Crippen LogP) is 1.56. The number of nitrogens with zero attached hydrogens (tertiary/aromatic N) is 1. The number of esters is 1. The predicted molar refractivity (Wildman–Crippen MR) is 93.5 cm³/mol. The largest absolute Gasteiger partial charge is 0.467 e. The van der Waals surface area contributed by atoms with Crippen molar-refractivity contribution >= 4 is 29.3 Å². The van der Waals surface area contributed by atoms with Crippen LogP contribution < -0.4 is 16.0 Å². The van der Waals surface area contributed by atoms with Crippen molar-refractivity contribution in [3.63, 3.8) is 0 Å². The van der Waals surface area contributed by atoms with Crippen LogP contribution in [0.4, 0.5) is 20.6 Å². The Labute approximate surface area is 154 Å². The average molecular weight is 384 g/mol. The number of nitro benzene ring substituents is 1. The van der Waals surface area contributed by atoms with Crippen LogP contribution in [0.25, 0.3) is 0 Å². The van der Waals surface area contributed by atoms with Crippen LogP contribution in [-0.4, -0.2) is 42.5 Å². The van der Waals surface area contributed by atoms with Crippen LogP contribution in [0.1, 0.15) is 20.3 Å². The Hall–Kier alpha value is -3.24. The van der Waals surface area contributed by atoms with Gasteiger partial charge in [-0.2, -0.15) is 0 Å². The van der Waals surface area contributed by atoms with E-state index in [0.29, 0.717) is 12.5 Å². The van der Waals surface area contributed by atoms with Gasteiger partial charge in [0.25, 0.3) is 5.69 Å². The summed E-state index contributed by atoms with van der Waals surface area (Å²) in [6, 6.07) is 0.979. The number of hydrogen-bond donors (Lipinski definition) is 3. The number of carbonyl (C=O) groups is 3. The van der Waals surface area contributed by atoms with Gasteiger partial charge in [0, 0.05) is 6.07 Å². The topological polar surface area (TPSA) is 140 Å². The molecule has 1 aromatic rings. The molecule has 0 aliphatic rings. The third-order valence-corrected chi connectivity index (χ3v) is 3.35. The lowest BCUT2D eigenvalue weighted by Gasteiger charge is -2.18. The third-order valence-electron chi connectivity index (χ3n) is 3.35. The van der Waals surface area contributed by atoms with Crippen LogP contribution >= 0.6 is 0 Å². The molecule has 0 fully saturated rings. The number of carbonyl (C=O) groups excluding carboxylic acids is 3. The van der Waals surface area contributed by atoms with Gasteiger partial charge in [-0.3, -0.25) is 14.9 Å². The summed E-state index contributed by atoms with van der Waals surface area (Å²) in [5.41, 5.74) is -0.748. The standard InChI is InChI=1S/C16H21FN4O6/c1-9(2)6-13(15(23)27-3)19-14(22)8-18-16(24)20-12-5-4-10(21(25)26)7-11(12)17/h4-5,7,9,13H,6,8H2,1-3H3,(H,19,22)(H2,18,20,24)/t13-/m0/s1. The van der Waals surface area contributed by atoms with Gasteiger partial charge >= 0.3 is 12.0 Å². The Morgan fingerprint density at radius 2 is 1.96 bits per heavy atom. The fourth-order valence-corrected chi connectivity index (χ4v) is 2.12. The monoisotopic (exact) mass is 384 g/mol. The highest BCUT2D eigenvalue weighted by molar-refractivity contribution is 5.93. The number of methoxy groups -OCH3 is 1. The van der Waals surface area contributed by atoms with Gasteiger partial charge in [0.1, 0.15) is 6.04 Å². The van der Waals surface area contributed by atoms with Crippen molar-refractivity contribution in [2.75, 3.05) is 19.0 Å². The molecule has 3 amide bonds. The minimum Gasteiger partial charge on any atom is -0.467 e. The highest BCUT2D eigenvalue weighted by atomic mass is 19.1. The molecule has 1 rings (SSSR count). The first-order valence-electron chi connectivity index (χ1n) is 8.00. The van der Waals surface area contributed by atoms with Gasteiger partial charge in [-0.05, 0) is 18.4 Å². The second-order valence-electron chi connectivity index (χ2n) is 6.00. The van der Waals surface area contributed by atoms with Crippen LogP contribution in [0.15, 0.2) is 18.2 Å². The van der Waals surface area contributed by atoms with Crippen molar-refractivity contribution < 1.29 is 28.4 Å². The van der Waals surface area contributed by atoms with E-state index >= 15 is 0 Å². The summed E-state index contributed by atoms with van der Waals surface area (Å²) in [4.78, 5) is 45.1. The number of urea groups is 1. The Balaban J connectivity index is 2.57. The number of ether oxygens (including phenoxy) is 1. The van der Waals surface area contributed by atoms with Gasteiger partial charge in [0.15, 0.2) is 5.82 Å². The highest BCUT2D eigenvalue weighted by Gasteiger charge is 2.22. The maximum atomic E-state index is 13.7. The smallest absolute Gasteiger partial charge is 0.328 e. The number of rotatable bonds is 8. The zero-order valence-corrected chi connectivity index (χ0v) is 15.1. The average Bonchev–Trinajstić information content (AvgIpc) is 2.59. The molecule has 0 aliphatic heterocycles. The van der Waals surface area contributed by atoms with Crippen LogP contribution in [0.5, 0.6) is 0 Å². The van der Waals surface area contributed by atoms with E-state index in [0.717, 1.165) is 12.1 Å². The maximum Gasteiger partial charge on any atom is 0.328 e. The highest BCUT2D eigenvalue weighted by Crippen LogP contribution is 2.20. The van der Waals surface area contributed by atoms with Crippen molar-refractivity contribution in [3.8, 4) is 0 Å². The number of hydrogen-bond acceptors (Lipinski definition) is 6. The van der Waals surface area contributed by atoms with Gasteiger partial charge in [-0.15, -0.1) is 0 Å². The van der Waals surface area contributed by atoms with Crippen LogP contribution in [0, 0.1) is 21.8 Å². The lowest BCUT2D eigenvalue weighted by molar-refractivity contribution is -0.385. The minimum atomic E-state index is -0.994. The number of nitrogens with one attached hydrogen (secondary N) is 3. The van der Waals surface area contributed by atoms with Crippen molar-refractivity contribution in [1.29, 1.82) is 0 Å². The molecule has 27 heavy (non-hydrogen) atoms. The molecule has 1 atom stereocenters. The van der Waals surface area contributed by atoms with Gasteiger partial charge in [-0.1, -0.05) is 13.8 Å². The van der Waals surface area contributed by atoms with Crippen LogP contribution in [0.3, 0.4) is 0 Å². The number of halogens is 1. The summed E-state index contributed by atoms with van der Waals surface area (Å²) >= 11 is 0. The fourth-order valence-electron chi connectivity index (χ4n) is 2.12. The molecule has 0 aliphatic carbocycles. The zero-order chi connectivity index (χ0) is 20.6. The molecule has 0 saturated heterocycles. The SMILES string of the molecule is COC(=O)[C@H](CC(C)C)NC(=O)CNC(=O)Nc1ccc([N+](=O)[O-])cc1F. The summed E-state index contributed by atoms with van der Waals surface area (Å²) in [6.07, 6.45) is 0.360. The summed E-state index contributed by atoms with van der Waals surface area (Å²) in [5.74, 6) is -2.11. The van der Waals surface area contributed by atoms with E-state index in [2.05, 4.69) is 20.7 Å². The van der Waals surface area contributed by atoms with Gasteiger partial charge in [0.2, 0.25) is 5.91 Å². The number of non-ortho nitro benzene ring substituents is 1. The van der Waals surface area contributed by atoms with E-state index in [1.54, 1.807) is 0 Å². The second kappa shape index (κ2) is 10.0. The quantitative estimate of drug-likeness (QED) is 0.353. The molecule has 148 valence electrons. The minimum absolute atomic E-state index is 0.121. The molecule has 1 aromatic carbocycles. The molecule has 3 N–H and O–H groups in total. The molecule has 0 radical (unpaired) electrons. The van der Waals surface area contributed by atoms with E-state index in [-0.39, 0.29) is 11.6 Å². The summed E-state index contributed by atoms with van der Waals surface area (Å²) in [6.45, 7) is 3.27. The lowest BCUT2D eigenvalue weighted by Crippen LogP contribution is -2.47. The molecule has 0 saturated carbocycles. The normalized spacial score (nSPS) is 11.4. The summed E-state index contributed by atoms with van der Waals surface area (Å²) < 4.78 is 18.3. The first-order chi connectivity index (χ1) is 12.6. The van der Waals surface area contributed by atoms with Crippen LogP contribution in [0.2, 0.25) is 0 Å². The van der Waals surface area contributed by atoms with Crippen LogP contribution in [-0.2, 0) is 14.3 Å². The third kappa shape index (κ3) is 7.26. The summed E-state index contributed by atoms with van der Waals surface area (Å²) in [5, 5.41) is 17.3. The Morgan fingerprint density at radius 3 is 2.48 bits per heavy atom. The van der Waals surface area contributed by atoms with E-state index in [4.69, 9.17) is 0 Å². The molecule has 0 unspecified atom stereocenters. The molecule has 0 aromatic heterocycles. The lowest BCUT2D eigenvalue weighted by atomic mass is 10.0. The maximum absolute atomic E-state index is 13.7. The first-order valence-corrected chi connectivity index (χ1v) is 8.00. The molecule has 11 heteroatoms. The fraction of sp³-hybridized carbons (Fsp3) is 0.438. The van der Waals surface area contributed by atoms with E-state index in [1.165, 1.54) is 7.11 Å². The van der Waals surface area contributed by atoms with Gasteiger partial charge < -0.3 is 20.7 Å². The molecule has 10 nitrogen and oxygen atoms in total. The molecule has 0 heterocycles. The van der Waals surface area contributed by atoms with Gasteiger partial charge in [0.05, 0.1) is 30.3 Å². The Kier molecular flexibility index (Phi) is 8.11. The summed E-state index contributed by atoms with van der Waals surface area (Å²) in [7, 11) is 1.20. The van der Waals surface area contributed by atoms with E-state index in [1.807, 2.05) is 13.8 Å². The molecule has 0 bridgehead atoms. The zero-order valence-electron chi connectivity index (χ0n) is 15.1. The number of nitro groups is 1. The van der Waals surface area contributed by atoms with Crippen molar-refractivity contribution in [1.82, 2.24) is 10.6 Å². The van der Waals surface area contributed by atoms with Crippen molar-refractivity contribution in [2.24, 2.45) is 5.92 Å². The number of amides is 3. The molecule has 0 spiro atoms. The molecular formula is C16H21FN4O6.